The highest BCUT2D eigenvalue weighted by Crippen LogP contribution is 2.35. The minimum atomic E-state index is -4.60. The number of carbonyl (C=O) groups excluding carboxylic acids is 1. The van der Waals surface area contributed by atoms with E-state index in [0.717, 1.165) is 28.4 Å². The Morgan fingerprint density at radius 2 is 2.10 bits per heavy atom. The highest BCUT2D eigenvalue weighted by molar-refractivity contribution is 5.75. The molecule has 0 spiro atoms. The van der Waals surface area contributed by atoms with E-state index < -0.39 is 29.8 Å². The zero-order valence-corrected chi connectivity index (χ0v) is 16.0. The molecule has 1 atom stereocenters. The summed E-state index contributed by atoms with van der Waals surface area (Å²) in [6, 6.07) is 5.15. The summed E-state index contributed by atoms with van der Waals surface area (Å²) < 4.78 is 50.5. The molecule has 0 aliphatic carbocycles. The molecular formula is C20H21F3N2O4. The summed E-state index contributed by atoms with van der Waals surface area (Å²) in [6.07, 6.45) is -3.14. The quantitative estimate of drug-likeness (QED) is 0.795. The van der Waals surface area contributed by atoms with Crippen molar-refractivity contribution in [3.63, 3.8) is 0 Å². The van der Waals surface area contributed by atoms with Gasteiger partial charge in [-0.2, -0.15) is 13.2 Å². The molecule has 29 heavy (non-hydrogen) atoms. The van der Waals surface area contributed by atoms with Crippen LogP contribution < -0.4 is 20.3 Å². The third-order valence-corrected chi connectivity index (χ3v) is 4.48. The molecule has 1 aliphatic heterocycles. The van der Waals surface area contributed by atoms with Crippen molar-refractivity contribution in [1.29, 1.82) is 0 Å². The number of halogens is 3. The maximum atomic E-state index is 12.8. The van der Waals surface area contributed by atoms with Crippen LogP contribution in [0.2, 0.25) is 0 Å². The van der Waals surface area contributed by atoms with Crippen LogP contribution in [-0.4, -0.2) is 23.2 Å². The number of nitrogens with zero attached hydrogens (tertiary/aromatic N) is 1. The Hall–Kier alpha value is -2.97. The average Bonchev–Trinajstić information content (AvgIpc) is 2.99. The summed E-state index contributed by atoms with van der Waals surface area (Å²) in [7, 11) is 0. The predicted octanol–water partition coefficient (Wildman–Crippen LogP) is 2.91. The van der Waals surface area contributed by atoms with Gasteiger partial charge in [-0.05, 0) is 32.0 Å². The molecule has 1 amide bonds. The highest BCUT2D eigenvalue weighted by Gasteiger charge is 2.31. The molecular weight excluding hydrogens is 389 g/mol. The molecule has 0 saturated heterocycles. The van der Waals surface area contributed by atoms with Crippen molar-refractivity contribution < 1.29 is 27.4 Å². The Morgan fingerprint density at radius 3 is 2.79 bits per heavy atom. The maximum Gasteiger partial charge on any atom is 0.417 e. The number of hydrogen-bond donors (Lipinski definition) is 1. The minimum Gasteiger partial charge on any atom is -0.494 e. The van der Waals surface area contributed by atoms with Gasteiger partial charge in [0.1, 0.15) is 24.1 Å². The van der Waals surface area contributed by atoms with Crippen molar-refractivity contribution in [2.24, 2.45) is 0 Å². The number of alkyl halides is 3. The summed E-state index contributed by atoms with van der Waals surface area (Å²) in [4.78, 5) is 24.0. The van der Waals surface area contributed by atoms with Gasteiger partial charge in [0.25, 0.3) is 5.56 Å². The van der Waals surface area contributed by atoms with Crippen LogP contribution in [0.25, 0.3) is 0 Å². The molecule has 0 bridgehead atoms. The second kappa shape index (κ2) is 8.18. The molecule has 9 heteroatoms. The first-order valence-electron chi connectivity index (χ1n) is 9.17. The monoisotopic (exact) mass is 410 g/mol. The third-order valence-electron chi connectivity index (χ3n) is 4.48. The zero-order valence-electron chi connectivity index (χ0n) is 16.0. The summed E-state index contributed by atoms with van der Waals surface area (Å²) in [5.74, 6) is 0.739. The third kappa shape index (κ3) is 4.90. The summed E-state index contributed by atoms with van der Waals surface area (Å²) in [5, 5.41) is 2.62. The molecule has 1 N–H and O–H groups in total. The molecule has 1 aromatic carbocycles. The van der Waals surface area contributed by atoms with Crippen molar-refractivity contribution in [2.45, 2.75) is 45.6 Å². The fourth-order valence-electron chi connectivity index (χ4n) is 3.14. The van der Waals surface area contributed by atoms with Crippen LogP contribution in [0.3, 0.4) is 0 Å². The smallest absolute Gasteiger partial charge is 0.417 e. The molecule has 3 rings (SSSR count). The van der Waals surface area contributed by atoms with Crippen LogP contribution in [0, 0.1) is 0 Å². The lowest BCUT2D eigenvalue weighted by atomic mass is 10.1. The molecule has 1 aliphatic rings. The predicted molar refractivity (Wildman–Crippen MR) is 99.0 cm³/mol. The average molecular weight is 410 g/mol. The zero-order chi connectivity index (χ0) is 21.2. The molecule has 0 fully saturated rings. The van der Waals surface area contributed by atoms with Crippen LogP contribution in [0.4, 0.5) is 13.2 Å². The number of amides is 1. The first kappa shape index (κ1) is 20.8. The van der Waals surface area contributed by atoms with Gasteiger partial charge < -0.3 is 19.4 Å². The van der Waals surface area contributed by atoms with Crippen molar-refractivity contribution in [3.8, 4) is 11.5 Å². The number of rotatable bonds is 6. The number of ether oxygens (including phenoxy) is 2. The Balaban J connectivity index is 1.72. The van der Waals surface area contributed by atoms with Crippen molar-refractivity contribution in [2.75, 3.05) is 6.61 Å². The standard InChI is InChI=1S/C20H21F3N2O4/c1-3-28-16-7-13-6-12(2)29-17(13)8-14(16)9-24-18(26)11-25-10-15(20(21,22)23)4-5-19(25)27/h4-5,7-8,10,12H,3,6,9,11H2,1-2H3,(H,24,26). The largest absolute Gasteiger partial charge is 0.494 e. The fourth-order valence-corrected chi connectivity index (χ4v) is 3.14. The first-order valence-corrected chi connectivity index (χ1v) is 9.17. The van der Waals surface area contributed by atoms with E-state index in [1.165, 1.54) is 0 Å². The molecule has 6 nitrogen and oxygen atoms in total. The van der Waals surface area contributed by atoms with Gasteiger partial charge in [-0.25, -0.2) is 0 Å². The van der Waals surface area contributed by atoms with Crippen LogP contribution in [-0.2, 0) is 30.5 Å². The minimum absolute atomic E-state index is 0.0529. The molecule has 1 unspecified atom stereocenters. The van der Waals surface area contributed by atoms with Gasteiger partial charge in [0.2, 0.25) is 5.91 Å². The van der Waals surface area contributed by atoms with Gasteiger partial charge in [-0.1, -0.05) is 0 Å². The van der Waals surface area contributed by atoms with Crippen LogP contribution >= 0.6 is 0 Å². The SMILES string of the molecule is CCOc1cc2c(cc1CNC(=O)Cn1cc(C(F)(F)F)ccc1=O)OC(C)C2. The Morgan fingerprint density at radius 1 is 1.34 bits per heavy atom. The second-order valence-corrected chi connectivity index (χ2v) is 6.79. The number of benzene rings is 1. The Labute approximate surface area is 165 Å². The topological polar surface area (TPSA) is 69.6 Å². The van der Waals surface area contributed by atoms with Gasteiger partial charge in [0.05, 0.1) is 12.2 Å². The highest BCUT2D eigenvalue weighted by atomic mass is 19.4. The van der Waals surface area contributed by atoms with E-state index in [0.29, 0.717) is 30.2 Å². The molecule has 0 radical (unpaired) electrons. The number of fused-ring (bicyclic) bond motifs is 1. The maximum absolute atomic E-state index is 12.8. The van der Waals surface area contributed by atoms with Crippen molar-refractivity contribution in [3.05, 3.63) is 57.5 Å². The van der Waals surface area contributed by atoms with Gasteiger partial charge >= 0.3 is 6.18 Å². The number of nitrogens with one attached hydrogen (secondary N) is 1. The van der Waals surface area contributed by atoms with Gasteiger partial charge in [-0.3, -0.25) is 9.59 Å². The van der Waals surface area contributed by atoms with Crippen LogP contribution in [0.15, 0.2) is 35.3 Å². The number of carbonyl (C=O) groups is 1. The molecule has 1 aromatic heterocycles. The normalized spacial score (nSPS) is 15.6. The Bertz CT molecular complexity index is 969. The molecule has 2 aromatic rings. The van der Waals surface area contributed by atoms with E-state index in [1.54, 1.807) is 6.07 Å². The Kier molecular flexibility index (Phi) is 5.86. The molecule has 156 valence electrons. The van der Waals surface area contributed by atoms with E-state index in [9.17, 15) is 22.8 Å². The van der Waals surface area contributed by atoms with Crippen molar-refractivity contribution in [1.82, 2.24) is 9.88 Å². The fraction of sp³-hybridized carbons (Fsp3) is 0.400. The number of hydrogen-bond acceptors (Lipinski definition) is 4. The van der Waals surface area contributed by atoms with E-state index in [-0.39, 0.29) is 12.6 Å². The summed E-state index contributed by atoms with van der Waals surface area (Å²) in [5.41, 5.74) is 0.0208. The molecule has 2 heterocycles. The molecule has 0 saturated carbocycles. The summed E-state index contributed by atoms with van der Waals surface area (Å²) in [6.45, 7) is 3.80. The first-order chi connectivity index (χ1) is 13.7. The lowest BCUT2D eigenvalue weighted by Crippen LogP contribution is -2.32. The van der Waals surface area contributed by atoms with Gasteiger partial charge in [0.15, 0.2) is 0 Å². The van der Waals surface area contributed by atoms with Crippen LogP contribution in [0.5, 0.6) is 11.5 Å². The number of aromatic nitrogens is 1. The lowest BCUT2D eigenvalue weighted by molar-refractivity contribution is -0.138. The van der Waals surface area contributed by atoms with Crippen molar-refractivity contribution >= 4 is 5.91 Å². The van der Waals surface area contributed by atoms with E-state index in [1.807, 2.05) is 19.9 Å². The summed E-state index contributed by atoms with van der Waals surface area (Å²) >= 11 is 0. The van der Waals surface area contributed by atoms with E-state index in [2.05, 4.69) is 5.32 Å². The lowest BCUT2D eigenvalue weighted by Gasteiger charge is -2.14. The van der Waals surface area contributed by atoms with Gasteiger partial charge in [0, 0.05) is 36.4 Å². The number of pyridine rings is 1. The van der Waals surface area contributed by atoms with Crippen LogP contribution in [0.1, 0.15) is 30.5 Å². The van der Waals surface area contributed by atoms with Gasteiger partial charge in [-0.15, -0.1) is 0 Å². The van der Waals surface area contributed by atoms with E-state index >= 15 is 0 Å². The second-order valence-electron chi connectivity index (χ2n) is 6.79. The van der Waals surface area contributed by atoms with E-state index in [4.69, 9.17) is 9.47 Å².